The summed E-state index contributed by atoms with van der Waals surface area (Å²) < 4.78 is 1.10. The molecule has 18 heavy (non-hydrogen) atoms. The zero-order valence-electron chi connectivity index (χ0n) is 10.1. The lowest BCUT2D eigenvalue weighted by atomic mass is 10.1. The Bertz CT molecular complexity index is 520. The molecule has 0 aliphatic carbocycles. The second-order valence-electron chi connectivity index (χ2n) is 4.27. The third-order valence-corrected chi connectivity index (χ3v) is 3.19. The van der Waals surface area contributed by atoms with Gasteiger partial charge in [0.2, 0.25) is 0 Å². The van der Waals surface area contributed by atoms with Crippen LogP contribution in [0.1, 0.15) is 11.1 Å². The molecule has 92 valence electrons. The maximum atomic E-state index is 6.10. The van der Waals surface area contributed by atoms with Crippen LogP contribution in [0.4, 0.5) is 0 Å². The van der Waals surface area contributed by atoms with Crippen molar-refractivity contribution < 1.29 is 0 Å². The molecule has 2 aromatic carbocycles. The number of rotatable bonds is 4. The maximum Gasteiger partial charge on any atom is 0.0267 e. The van der Waals surface area contributed by atoms with E-state index in [1.165, 1.54) is 11.1 Å². The minimum absolute atomic E-state index is 0.0412. The van der Waals surface area contributed by atoms with E-state index in [2.05, 4.69) is 52.3 Å². The van der Waals surface area contributed by atoms with Gasteiger partial charge >= 0.3 is 0 Å². The monoisotopic (exact) mass is 301 g/mol. The fraction of sp³-hybridized carbons (Fsp3) is 0.125. The summed E-state index contributed by atoms with van der Waals surface area (Å²) in [6.45, 7) is 0. The second kappa shape index (κ2) is 6.53. The van der Waals surface area contributed by atoms with Gasteiger partial charge in [0.1, 0.15) is 0 Å². The number of halogens is 1. The molecule has 1 atom stereocenters. The predicted molar refractivity (Wildman–Crippen MR) is 81.3 cm³/mol. The molecule has 0 aromatic heterocycles. The highest BCUT2D eigenvalue weighted by atomic mass is 79.9. The van der Waals surface area contributed by atoms with Crippen molar-refractivity contribution in [3.63, 3.8) is 0 Å². The summed E-state index contributed by atoms with van der Waals surface area (Å²) in [4.78, 5) is 0. The lowest BCUT2D eigenvalue weighted by molar-refractivity contribution is 0.813. The summed E-state index contributed by atoms with van der Waals surface area (Å²) in [5.74, 6) is 0. The maximum absolute atomic E-state index is 6.10. The molecule has 1 unspecified atom stereocenters. The van der Waals surface area contributed by atoms with Gasteiger partial charge in [-0.3, -0.25) is 0 Å². The molecular formula is C16H16BrN. The van der Waals surface area contributed by atoms with Crippen LogP contribution in [0.25, 0.3) is 6.08 Å². The minimum atomic E-state index is 0.0412. The molecule has 1 nitrogen and oxygen atoms in total. The molecule has 0 saturated carbocycles. The van der Waals surface area contributed by atoms with E-state index in [0.29, 0.717) is 0 Å². The van der Waals surface area contributed by atoms with Crippen LogP contribution in [-0.2, 0) is 6.42 Å². The fourth-order valence-corrected chi connectivity index (χ4v) is 2.25. The summed E-state index contributed by atoms with van der Waals surface area (Å²) >= 11 is 3.47. The van der Waals surface area contributed by atoms with Gasteiger partial charge in [-0.2, -0.15) is 0 Å². The highest BCUT2D eigenvalue weighted by Gasteiger charge is 2.00. The van der Waals surface area contributed by atoms with E-state index in [9.17, 15) is 0 Å². The number of nitrogens with two attached hydrogens (primary N) is 1. The molecule has 0 radical (unpaired) electrons. The van der Waals surface area contributed by atoms with E-state index in [-0.39, 0.29) is 6.04 Å². The Kier molecular flexibility index (Phi) is 4.73. The zero-order chi connectivity index (χ0) is 12.8. The Labute approximate surface area is 116 Å². The summed E-state index contributed by atoms with van der Waals surface area (Å²) in [5, 5.41) is 0. The molecule has 2 aromatic rings. The number of benzene rings is 2. The van der Waals surface area contributed by atoms with Crippen LogP contribution in [0.5, 0.6) is 0 Å². The Hall–Kier alpha value is -1.38. The lowest BCUT2D eigenvalue weighted by Crippen LogP contribution is -2.19. The Morgan fingerprint density at radius 1 is 1.06 bits per heavy atom. The van der Waals surface area contributed by atoms with Gasteiger partial charge < -0.3 is 5.73 Å². The first-order chi connectivity index (χ1) is 8.74. The van der Waals surface area contributed by atoms with Gasteiger partial charge in [0, 0.05) is 10.5 Å². The molecule has 0 aliphatic heterocycles. The van der Waals surface area contributed by atoms with Crippen molar-refractivity contribution >= 4 is 22.0 Å². The SMILES string of the molecule is NC(/C=C/c1ccccc1)Cc1cccc(Br)c1. The van der Waals surface area contributed by atoms with Crippen LogP contribution >= 0.6 is 15.9 Å². The fourth-order valence-electron chi connectivity index (χ4n) is 1.80. The number of hydrogen-bond acceptors (Lipinski definition) is 1. The first-order valence-electron chi connectivity index (χ1n) is 5.97. The van der Waals surface area contributed by atoms with Crippen molar-refractivity contribution in [1.29, 1.82) is 0 Å². The van der Waals surface area contributed by atoms with E-state index >= 15 is 0 Å². The van der Waals surface area contributed by atoms with Gasteiger partial charge in [0.05, 0.1) is 0 Å². The van der Waals surface area contributed by atoms with E-state index in [0.717, 1.165) is 10.9 Å². The lowest BCUT2D eigenvalue weighted by Gasteiger charge is -2.07. The first kappa shape index (κ1) is 13.1. The molecule has 0 fully saturated rings. The van der Waals surface area contributed by atoms with Crippen LogP contribution in [0.15, 0.2) is 65.1 Å². The molecule has 2 N–H and O–H groups in total. The standard InChI is InChI=1S/C16H16BrN/c17-15-8-4-7-14(11-15)12-16(18)10-9-13-5-2-1-3-6-13/h1-11,16H,12,18H2/b10-9+. The quantitative estimate of drug-likeness (QED) is 0.906. The van der Waals surface area contributed by atoms with Crippen molar-refractivity contribution in [3.8, 4) is 0 Å². The molecular weight excluding hydrogens is 286 g/mol. The van der Waals surface area contributed by atoms with Crippen molar-refractivity contribution in [2.75, 3.05) is 0 Å². The van der Waals surface area contributed by atoms with Crippen molar-refractivity contribution in [3.05, 3.63) is 76.3 Å². The molecule has 0 bridgehead atoms. The van der Waals surface area contributed by atoms with E-state index < -0.39 is 0 Å². The topological polar surface area (TPSA) is 26.0 Å². The highest BCUT2D eigenvalue weighted by Crippen LogP contribution is 2.13. The molecule has 2 heteroatoms. The predicted octanol–water partition coefficient (Wildman–Crippen LogP) is 4.03. The smallest absolute Gasteiger partial charge is 0.0267 e. The summed E-state index contributed by atoms with van der Waals surface area (Å²) in [6, 6.07) is 18.5. The summed E-state index contributed by atoms with van der Waals surface area (Å²) in [6.07, 6.45) is 4.97. The summed E-state index contributed by atoms with van der Waals surface area (Å²) in [7, 11) is 0. The second-order valence-corrected chi connectivity index (χ2v) is 5.18. The third-order valence-electron chi connectivity index (χ3n) is 2.70. The van der Waals surface area contributed by atoms with E-state index in [4.69, 9.17) is 5.73 Å². The third kappa shape index (κ3) is 4.13. The van der Waals surface area contributed by atoms with Crippen LogP contribution in [-0.4, -0.2) is 6.04 Å². The largest absolute Gasteiger partial charge is 0.324 e. The van der Waals surface area contributed by atoms with Crippen LogP contribution in [0, 0.1) is 0 Å². The van der Waals surface area contributed by atoms with Gasteiger partial charge in [-0.1, -0.05) is 70.5 Å². The molecule has 0 aliphatic rings. The molecule has 0 heterocycles. The van der Waals surface area contributed by atoms with Crippen LogP contribution in [0.3, 0.4) is 0 Å². The average Bonchev–Trinajstić information content (AvgIpc) is 2.38. The Balaban J connectivity index is 1.97. The average molecular weight is 302 g/mol. The molecule has 0 spiro atoms. The number of hydrogen-bond donors (Lipinski definition) is 1. The van der Waals surface area contributed by atoms with Gasteiger partial charge in [-0.05, 0) is 29.7 Å². The molecule has 0 saturated heterocycles. The zero-order valence-corrected chi connectivity index (χ0v) is 11.7. The van der Waals surface area contributed by atoms with Crippen molar-refractivity contribution in [2.24, 2.45) is 5.73 Å². The van der Waals surface area contributed by atoms with Gasteiger partial charge in [0.25, 0.3) is 0 Å². The minimum Gasteiger partial charge on any atom is -0.324 e. The highest BCUT2D eigenvalue weighted by molar-refractivity contribution is 9.10. The van der Waals surface area contributed by atoms with Crippen molar-refractivity contribution in [2.45, 2.75) is 12.5 Å². The Morgan fingerprint density at radius 3 is 2.56 bits per heavy atom. The van der Waals surface area contributed by atoms with Crippen LogP contribution < -0.4 is 5.73 Å². The van der Waals surface area contributed by atoms with E-state index in [1.807, 2.05) is 30.3 Å². The first-order valence-corrected chi connectivity index (χ1v) is 6.76. The van der Waals surface area contributed by atoms with Crippen molar-refractivity contribution in [1.82, 2.24) is 0 Å². The molecule has 0 amide bonds. The van der Waals surface area contributed by atoms with E-state index in [1.54, 1.807) is 0 Å². The Morgan fingerprint density at radius 2 is 1.83 bits per heavy atom. The molecule has 2 rings (SSSR count). The van der Waals surface area contributed by atoms with Gasteiger partial charge in [-0.25, -0.2) is 0 Å². The van der Waals surface area contributed by atoms with Crippen LogP contribution in [0.2, 0.25) is 0 Å². The normalized spacial score (nSPS) is 12.8. The van der Waals surface area contributed by atoms with Gasteiger partial charge in [0.15, 0.2) is 0 Å². The summed E-state index contributed by atoms with van der Waals surface area (Å²) in [5.41, 5.74) is 8.53. The van der Waals surface area contributed by atoms with Gasteiger partial charge in [-0.15, -0.1) is 0 Å².